The number of oxazole rings is 1. The van der Waals surface area contributed by atoms with Gasteiger partial charge in [0.25, 0.3) is 0 Å². The Kier molecular flexibility index (Phi) is 6.92. The summed E-state index contributed by atoms with van der Waals surface area (Å²) in [6.07, 6.45) is 7.06. The summed E-state index contributed by atoms with van der Waals surface area (Å²) in [5.74, 6) is 2.00. The van der Waals surface area contributed by atoms with Crippen molar-refractivity contribution in [3.05, 3.63) is 162 Å². The normalized spacial score (nSPS) is 24.9. The predicted molar refractivity (Wildman–Crippen MR) is 187 cm³/mol. The van der Waals surface area contributed by atoms with Crippen molar-refractivity contribution < 1.29 is 9.15 Å². The fourth-order valence-corrected chi connectivity index (χ4v) is 9.65. The molecule has 4 saturated carbocycles. The lowest BCUT2D eigenvalue weighted by Crippen LogP contribution is -2.69. The highest BCUT2D eigenvalue weighted by Crippen LogP contribution is 2.60. The molecule has 4 heteroatoms. The molecule has 1 aromatic heterocycles. The minimum atomic E-state index is -0.475. The van der Waals surface area contributed by atoms with Crippen LogP contribution < -0.4 is 5.32 Å². The van der Waals surface area contributed by atoms with Crippen LogP contribution in [0.3, 0.4) is 0 Å². The molecule has 0 saturated heterocycles. The number of benzene rings is 5. The van der Waals surface area contributed by atoms with Gasteiger partial charge in [0, 0.05) is 11.1 Å². The van der Waals surface area contributed by atoms with E-state index in [1.54, 1.807) is 0 Å². The number of ether oxygens (including phenoxy) is 1. The molecule has 2 unspecified atom stereocenters. The lowest BCUT2D eigenvalue weighted by Gasteiger charge is -2.63. The second-order valence-corrected chi connectivity index (χ2v) is 14.4. The Labute approximate surface area is 276 Å². The van der Waals surface area contributed by atoms with Crippen LogP contribution in [-0.2, 0) is 16.9 Å². The first kappa shape index (κ1) is 28.7. The molecule has 1 heterocycles. The quantitative estimate of drug-likeness (QED) is 0.164. The van der Waals surface area contributed by atoms with Crippen molar-refractivity contribution in [2.75, 3.05) is 0 Å². The standard InChI is InChI=1S/C43H40N2O2/c1-4-12-35(13-5-1)43(36-14-6-2-7-15-36,37-16-8-3-9-17-37)45-41-25-32-24-33(26-41)28-42(27-32,30-41)46-29-31-20-22-34(23-21-31)40-44-38-18-10-11-19-39(38)47-40/h1-23,32-33,45H,24-30H2. The third kappa shape index (κ3) is 5.11. The van der Waals surface area contributed by atoms with Gasteiger partial charge in [-0.3, -0.25) is 5.32 Å². The van der Waals surface area contributed by atoms with E-state index in [1.807, 2.05) is 24.3 Å². The van der Waals surface area contributed by atoms with Crippen LogP contribution in [0.5, 0.6) is 0 Å². The number of rotatable bonds is 9. The maximum atomic E-state index is 7.10. The van der Waals surface area contributed by atoms with E-state index in [4.69, 9.17) is 9.15 Å². The molecule has 4 nitrogen and oxygen atoms in total. The summed E-state index contributed by atoms with van der Waals surface area (Å²) in [7, 11) is 0. The van der Waals surface area contributed by atoms with Crippen LogP contribution in [0, 0.1) is 11.8 Å². The Morgan fingerprint density at radius 1 is 0.660 bits per heavy atom. The first-order chi connectivity index (χ1) is 23.1. The van der Waals surface area contributed by atoms with Crippen LogP contribution in [0.1, 0.15) is 60.8 Å². The van der Waals surface area contributed by atoms with E-state index in [9.17, 15) is 0 Å². The van der Waals surface area contributed by atoms with Gasteiger partial charge in [-0.2, -0.15) is 0 Å². The molecule has 10 rings (SSSR count). The fourth-order valence-electron chi connectivity index (χ4n) is 9.65. The highest BCUT2D eigenvalue weighted by Gasteiger charge is 2.60. The molecule has 47 heavy (non-hydrogen) atoms. The second-order valence-electron chi connectivity index (χ2n) is 14.4. The summed E-state index contributed by atoms with van der Waals surface area (Å²) in [4.78, 5) is 4.68. The SMILES string of the molecule is c1ccc(C(NC23CC4CC(C2)CC(OCc2ccc(-c5nc6ccccc6o5)cc2)(C4)C3)(c2ccccc2)c2ccccc2)cc1. The maximum Gasteiger partial charge on any atom is 0.227 e. The number of para-hydroxylation sites is 2. The lowest BCUT2D eigenvalue weighted by atomic mass is 9.50. The third-order valence-electron chi connectivity index (χ3n) is 11.1. The maximum absolute atomic E-state index is 7.10. The third-order valence-corrected chi connectivity index (χ3v) is 11.1. The van der Waals surface area contributed by atoms with Crippen molar-refractivity contribution in [3.8, 4) is 11.5 Å². The number of aromatic nitrogens is 1. The minimum absolute atomic E-state index is 0.0254. The molecule has 2 atom stereocenters. The van der Waals surface area contributed by atoms with E-state index >= 15 is 0 Å². The molecular formula is C43H40N2O2. The lowest BCUT2D eigenvalue weighted by molar-refractivity contribution is -0.184. The smallest absolute Gasteiger partial charge is 0.227 e. The largest absolute Gasteiger partial charge is 0.436 e. The molecule has 4 aliphatic carbocycles. The zero-order chi connectivity index (χ0) is 31.3. The minimum Gasteiger partial charge on any atom is -0.436 e. The molecule has 4 bridgehead atoms. The first-order valence-corrected chi connectivity index (χ1v) is 17.2. The van der Waals surface area contributed by atoms with E-state index < -0.39 is 5.54 Å². The van der Waals surface area contributed by atoms with E-state index in [1.165, 1.54) is 41.5 Å². The van der Waals surface area contributed by atoms with Gasteiger partial charge in [-0.15, -0.1) is 0 Å². The van der Waals surface area contributed by atoms with E-state index in [0.717, 1.165) is 35.9 Å². The highest BCUT2D eigenvalue weighted by molar-refractivity contribution is 5.76. The second kappa shape index (κ2) is 11.3. The van der Waals surface area contributed by atoms with Gasteiger partial charge in [0.05, 0.1) is 17.7 Å². The first-order valence-electron chi connectivity index (χ1n) is 17.2. The summed E-state index contributed by atoms with van der Waals surface area (Å²) in [5.41, 5.74) is 7.10. The summed E-state index contributed by atoms with van der Waals surface area (Å²) < 4.78 is 13.1. The van der Waals surface area contributed by atoms with Gasteiger partial charge < -0.3 is 9.15 Å². The van der Waals surface area contributed by atoms with Crippen LogP contribution in [0.25, 0.3) is 22.6 Å². The Morgan fingerprint density at radius 3 is 1.79 bits per heavy atom. The Hall–Kier alpha value is -4.51. The number of nitrogens with zero attached hydrogens (tertiary/aromatic N) is 1. The molecule has 0 radical (unpaired) electrons. The summed E-state index contributed by atoms with van der Waals surface area (Å²) >= 11 is 0. The highest BCUT2D eigenvalue weighted by atomic mass is 16.5. The molecule has 4 fully saturated rings. The van der Waals surface area contributed by atoms with Gasteiger partial charge in [-0.1, -0.05) is 115 Å². The monoisotopic (exact) mass is 616 g/mol. The van der Waals surface area contributed by atoms with Gasteiger partial charge >= 0.3 is 0 Å². The van der Waals surface area contributed by atoms with Gasteiger partial charge in [0.1, 0.15) is 5.52 Å². The fraction of sp³-hybridized carbons (Fsp3) is 0.279. The summed E-state index contributed by atoms with van der Waals surface area (Å²) in [5, 5.41) is 4.49. The van der Waals surface area contributed by atoms with E-state index in [2.05, 4.69) is 126 Å². The van der Waals surface area contributed by atoms with Gasteiger partial charge in [0.15, 0.2) is 5.58 Å². The molecule has 0 amide bonds. The van der Waals surface area contributed by atoms with Crippen LogP contribution in [0.4, 0.5) is 0 Å². The molecular weight excluding hydrogens is 576 g/mol. The van der Waals surface area contributed by atoms with Gasteiger partial charge in [-0.05, 0) is 96.9 Å². The van der Waals surface area contributed by atoms with Crippen molar-refractivity contribution in [2.45, 2.75) is 61.8 Å². The Balaban J connectivity index is 1.03. The number of fused-ring (bicyclic) bond motifs is 1. The zero-order valence-electron chi connectivity index (χ0n) is 26.6. The number of hydrogen-bond acceptors (Lipinski definition) is 4. The summed E-state index contributed by atoms with van der Waals surface area (Å²) in [6, 6.07) is 49.7. The van der Waals surface area contributed by atoms with Crippen LogP contribution >= 0.6 is 0 Å². The van der Waals surface area contributed by atoms with Crippen molar-refractivity contribution >= 4 is 11.1 Å². The van der Waals surface area contributed by atoms with Crippen molar-refractivity contribution in [1.29, 1.82) is 0 Å². The van der Waals surface area contributed by atoms with Crippen LogP contribution in [-0.4, -0.2) is 16.1 Å². The number of nitrogens with one attached hydrogen (secondary N) is 1. The predicted octanol–water partition coefficient (Wildman–Crippen LogP) is 9.68. The van der Waals surface area contributed by atoms with E-state index in [0.29, 0.717) is 24.3 Å². The Bertz CT molecular complexity index is 1840. The zero-order valence-corrected chi connectivity index (χ0v) is 26.6. The number of hydrogen-bond donors (Lipinski definition) is 1. The van der Waals surface area contributed by atoms with Gasteiger partial charge in [-0.25, -0.2) is 4.98 Å². The van der Waals surface area contributed by atoms with Crippen LogP contribution in [0.2, 0.25) is 0 Å². The molecule has 5 aromatic carbocycles. The average Bonchev–Trinajstić information content (AvgIpc) is 3.55. The molecule has 4 aliphatic rings. The van der Waals surface area contributed by atoms with Crippen molar-refractivity contribution in [1.82, 2.24) is 10.3 Å². The molecule has 1 N–H and O–H groups in total. The average molecular weight is 617 g/mol. The van der Waals surface area contributed by atoms with Crippen LogP contribution in [0.15, 0.2) is 144 Å². The van der Waals surface area contributed by atoms with Crippen molar-refractivity contribution in [2.24, 2.45) is 11.8 Å². The van der Waals surface area contributed by atoms with E-state index in [-0.39, 0.29) is 11.1 Å². The molecule has 6 aromatic rings. The van der Waals surface area contributed by atoms with Gasteiger partial charge in [0.2, 0.25) is 5.89 Å². The Morgan fingerprint density at radius 2 is 1.21 bits per heavy atom. The molecule has 0 spiro atoms. The topological polar surface area (TPSA) is 47.3 Å². The molecule has 0 aliphatic heterocycles. The summed E-state index contributed by atoms with van der Waals surface area (Å²) in [6.45, 7) is 0.616. The van der Waals surface area contributed by atoms with Crippen molar-refractivity contribution in [3.63, 3.8) is 0 Å². The molecule has 234 valence electrons.